The average molecular weight is 370 g/mol. The quantitative estimate of drug-likeness (QED) is 0.749. The molecule has 20 heavy (non-hydrogen) atoms. The van der Waals surface area contributed by atoms with Crippen molar-refractivity contribution >= 4 is 26.0 Å². The monoisotopic (exact) mass is 369 g/mol. The lowest BCUT2D eigenvalue weighted by atomic mass is 10.1. The third-order valence-electron chi connectivity index (χ3n) is 2.99. The van der Waals surface area contributed by atoms with Crippen molar-refractivity contribution in [2.45, 2.75) is 17.5 Å². The van der Waals surface area contributed by atoms with E-state index in [9.17, 15) is 21.6 Å². The highest BCUT2D eigenvalue weighted by atomic mass is 79.9. The Morgan fingerprint density at radius 3 is 2.35 bits per heavy atom. The van der Waals surface area contributed by atoms with E-state index in [0.29, 0.717) is 4.47 Å². The molecule has 0 radical (unpaired) electrons. The number of alkyl halides is 3. The normalized spacial score (nSPS) is 17.9. The molecule has 1 aliphatic heterocycles. The van der Waals surface area contributed by atoms with Crippen molar-refractivity contribution in [2.75, 3.05) is 13.1 Å². The summed E-state index contributed by atoms with van der Waals surface area (Å²) in [5.41, 5.74) is -0.670. The van der Waals surface area contributed by atoms with Crippen molar-refractivity contribution in [3.63, 3.8) is 0 Å². The fourth-order valence-corrected chi connectivity index (χ4v) is 4.26. The molecule has 0 saturated heterocycles. The van der Waals surface area contributed by atoms with Crippen LogP contribution in [0.25, 0.3) is 0 Å². The highest BCUT2D eigenvalue weighted by Crippen LogP contribution is 2.32. The van der Waals surface area contributed by atoms with Crippen molar-refractivity contribution in [3.8, 4) is 0 Å². The van der Waals surface area contributed by atoms with Gasteiger partial charge in [0.2, 0.25) is 10.0 Å². The van der Waals surface area contributed by atoms with Gasteiger partial charge in [-0.1, -0.05) is 18.2 Å². The third kappa shape index (κ3) is 3.07. The van der Waals surface area contributed by atoms with E-state index >= 15 is 0 Å². The molecule has 1 aromatic rings. The number of rotatable bonds is 2. The van der Waals surface area contributed by atoms with Gasteiger partial charge >= 0.3 is 6.18 Å². The maximum atomic E-state index is 12.5. The summed E-state index contributed by atoms with van der Waals surface area (Å²) in [6.45, 7) is -0.437. The van der Waals surface area contributed by atoms with Crippen LogP contribution in [0.5, 0.6) is 0 Å². The van der Waals surface area contributed by atoms with Gasteiger partial charge in [0.25, 0.3) is 0 Å². The Kier molecular flexibility index (Phi) is 4.27. The van der Waals surface area contributed by atoms with E-state index in [0.717, 1.165) is 10.4 Å². The Morgan fingerprint density at radius 2 is 1.85 bits per heavy atom. The minimum atomic E-state index is -4.39. The van der Waals surface area contributed by atoms with Gasteiger partial charge in [0.15, 0.2) is 0 Å². The van der Waals surface area contributed by atoms with Gasteiger partial charge in [0.05, 0.1) is 4.90 Å². The summed E-state index contributed by atoms with van der Waals surface area (Å²) >= 11 is 3.14. The van der Waals surface area contributed by atoms with Gasteiger partial charge in [0, 0.05) is 23.1 Å². The number of benzene rings is 1. The molecule has 0 unspecified atom stereocenters. The summed E-state index contributed by atoms with van der Waals surface area (Å²) in [5, 5.41) is 0. The van der Waals surface area contributed by atoms with Crippen LogP contribution in [0.15, 0.2) is 45.3 Å². The summed E-state index contributed by atoms with van der Waals surface area (Å²) in [4.78, 5) is 0.0591. The van der Waals surface area contributed by atoms with Crippen LogP contribution in [0.3, 0.4) is 0 Å². The zero-order valence-corrected chi connectivity index (χ0v) is 12.6. The summed E-state index contributed by atoms with van der Waals surface area (Å²) in [7, 11) is -3.79. The van der Waals surface area contributed by atoms with E-state index < -0.39 is 21.8 Å². The Labute approximate surface area is 123 Å². The molecule has 1 aromatic carbocycles. The van der Waals surface area contributed by atoms with Crippen LogP contribution >= 0.6 is 15.9 Å². The van der Waals surface area contributed by atoms with E-state index in [1.807, 2.05) is 0 Å². The standard InChI is InChI=1S/C12H11BrF3NO2S/c13-10-3-1-2-4-11(10)20(18,19)17-7-5-9(6-8-17)12(14,15)16/h1-5H,6-8H2. The van der Waals surface area contributed by atoms with Crippen molar-refractivity contribution in [3.05, 3.63) is 40.4 Å². The number of sulfonamides is 1. The Hall–Kier alpha value is -0.860. The molecule has 0 bridgehead atoms. The Balaban J connectivity index is 2.27. The molecule has 0 fully saturated rings. The van der Waals surface area contributed by atoms with E-state index in [4.69, 9.17) is 0 Å². The molecule has 0 aliphatic carbocycles. The molecule has 0 saturated carbocycles. The van der Waals surface area contributed by atoms with E-state index in [-0.39, 0.29) is 24.4 Å². The van der Waals surface area contributed by atoms with Gasteiger partial charge < -0.3 is 0 Å². The second-order valence-corrected chi connectivity index (χ2v) is 7.03. The van der Waals surface area contributed by atoms with Crippen LogP contribution in [0.1, 0.15) is 6.42 Å². The second-order valence-electron chi connectivity index (χ2n) is 4.27. The predicted molar refractivity (Wildman–Crippen MR) is 71.7 cm³/mol. The molecule has 0 spiro atoms. The Bertz CT molecular complexity index is 640. The molecule has 1 heterocycles. The molecular weight excluding hydrogens is 359 g/mol. The van der Waals surface area contributed by atoms with E-state index in [1.54, 1.807) is 18.2 Å². The first-order valence-corrected chi connectivity index (χ1v) is 7.97. The third-order valence-corrected chi connectivity index (χ3v) is 5.87. The molecule has 2 rings (SSSR count). The fraction of sp³-hybridized carbons (Fsp3) is 0.333. The van der Waals surface area contributed by atoms with Gasteiger partial charge in [-0.2, -0.15) is 17.5 Å². The first kappa shape index (κ1) is 15.5. The summed E-state index contributed by atoms with van der Waals surface area (Å²) in [5.74, 6) is 0. The summed E-state index contributed by atoms with van der Waals surface area (Å²) < 4.78 is 63.7. The minimum Gasteiger partial charge on any atom is -0.207 e. The van der Waals surface area contributed by atoms with Crippen molar-refractivity contribution in [1.29, 1.82) is 0 Å². The maximum absolute atomic E-state index is 12.5. The summed E-state index contributed by atoms with van der Waals surface area (Å²) in [6.07, 6.45) is -3.78. The lowest BCUT2D eigenvalue weighted by molar-refractivity contribution is -0.0953. The van der Waals surface area contributed by atoms with E-state index in [2.05, 4.69) is 15.9 Å². The van der Waals surface area contributed by atoms with Crippen LogP contribution < -0.4 is 0 Å². The number of hydrogen-bond acceptors (Lipinski definition) is 2. The number of halogens is 4. The Morgan fingerprint density at radius 1 is 1.20 bits per heavy atom. The highest BCUT2D eigenvalue weighted by Gasteiger charge is 2.37. The van der Waals surface area contributed by atoms with Gasteiger partial charge in [-0.3, -0.25) is 0 Å². The number of nitrogens with zero attached hydrogens (tertiary/aromatic N) is 1. The molecule has 0 N–H and O–H groups in total. The lowest BCUT2D eigenvalue weighted by Crippen LogP contribution is -2.36. The molecule has 1 aliphatic rings. The first-order chi connectivity index (χ1) is 9.23. The zero-order valence-electron chi connectivity index (χ0n) is 10.2. The smallest absolute Gasteiger partial charge is 0.207 e. The molecule has 3 nitrogen and oxygen atoms in total. The van der Waals surface area contributed by atoms with Crippen LogP contribution in [0, 0.1) is 0 Å². The molecule has 0 aromatic heterocycles. The molecule has 110 valence electrons. The van der Waals surface area contributed by atoms with Crippen molar-refractivity contribution < 1.29 is 21.6 Å². The van der Waals surface area contributed by atoms with Gasteiger partial charge in [-0.05, 0) is 34.5 Å². The predicted octanol–water partition coefficient (Wildman–Crippen LogP) is 3.33. The highest BCUT2D eigenvalue weighted by molar-refractivity contribution is 9.10. The summed E-state index contributed by atoms with van der Waals surface area (Å²) in [6, 6.07) is 6.23. The van der Waals surface area contributed by atoms with Gasteiger partial charge in [0.1, 0.15) is 0 Å². The fourth-order valence-electron chi connectivity index (χ4n) is 1.92. The SMILES string of the molecule is O=S(=O)(c1ccccc1Br)N1CC=C(C(F)(F)F)CC1. The van der Waals surface area contributed by atoms with Crippen LogP contribution in [-0.4, -0.2) is 32.0 Å². The molecule has 0 amide bonds. The lowest BCUT2D eigenvalue weighted by Gasteiger charge is -2.26. The van der Waals surface area contributed by atoms with Crippen LogP contribution in [-0.2, 0) is 10.0 Å². The van der Waals surface area contributed by atoms with Crippen LogP contribution in [0.2, 0.25) is 0 Å². The van der Waals surface area contributed by atoms with Gasteiger partial charge in [-0.15, -0.1) is 0 Å². The average Bonchev–Trinajstić information content (AvgIpc) is 2.38. The molecule has 0 atom stereocenters. The second kappa shape index (κ2) is 5.50. The molecule has 8 heteroatoms. The van der Waals surface area contributed by atoms with Gasteiger partial charge in [-0.25, -0.2) is 8.42 Å². The zero-order chi connectivity index (χ0) is 15.0. The minimum absolute atomic E-state index is 0.0591. The number of hydrogen-bond donors (Lipinski definition) is 0. The topological polar surface area (TPSA) is 37.4 Å². The maximum Gasteiger partial charge on any atom is 0.412 e. The van der Waals surface area contributed by atoms with Crippen molar-refractivity contribution in [2.24, 2.45) is 0 Å². The van der Waals surface area contributed by atoms with E-state index in [1.165, 1.54) is 6.07 Å². The van der Waals surface area contributed by atoms with Crippen molar-refractivity contribution in [1.82, 2.24) is 4.31 Å². The first-order valence-electron chi connectivity index (χ1n) is 5.74. The molecular formula is C12H11BrF3NO2S. The van der Waals surface area contributed by atoms with Crippen LogP contribution in [0.4, 0.5) is 13.2 Å². The largest absolute Gasteiger partial charge is 0.412 e.